The first-order chi connectivity index (χ1) is 9.25. The van der Waals surface area contributed by atoms with Gasteiger partial charge in [0.15, 0.2) is 11.6 Å². The van der Waals surface area contributed by atoms with Crippen molar-refractivity contribution in [3.05, 3.63) is 48.4 Å². The number of rotatable bonds is 6. The van der Waals surface area contributed by atoms with Gasteiger partial charge in [0.1, 0.15) is 0 Å². The molecule has 0 saturated heterocycles. The lowest BCUT2D eigenvalue weighted by Gasteiger charge is -2.14. The maximum atomic E-state index is 5.71. The van der Waals surface area contributed by atoms with Gasteiger partial charge < -0.3 is 10.1 Å². The van der Waals surface area contributed by atoms with E-state index < -0.39 is 0 Å². The van der Waals surface area contributed by atoms with Crippen molar-refractivity contribution < 1.29 is 4.74 Å². The third-order valence-corrected chi connectivity index (χ3v) is 2.56. The molecule has 100 valence electrons. The van der Waals surface area contributed by atoms with Gasteiger partial charge in [0.2, 0.25) is 0 Å². The summed E-state index contributed by atoms with van der Waals surface area (Å²) >= 11 is 0. The zero-order valence-electron chi connectivity index (χ0n) is 11.3. The highest BCUT2D eigenvalue weighted by Crippen LogP contribution is 2.21. The maximum Gasteiger partial charge on any atom is 0.168 e. The number of hydrogen-bond donors (Lipinski definition) is 1. The summed E-state index contributed by atoms with van der Waals surface area (Å²) in [5.41, 5.74) is 1.21. The highest BCUT2D eigenvalue weighted by molar-refractivity contribution is 5.49. The molecular weight excluding hydrogens is 238 g/mol. The smallest absolute Gasteiger partial charge is 0.168 e. The summed E-state index contributed by atoms with van der Waals surface area (Å²) in [5, 5.41) is 3.30. The van der Waals surface area contributed by atoms with E-state index in [0.29, 0.717) is 0 Å². The Morgan fingerprint density at radius 1 is 1.21 bits per heavy atom. The lowest BCUT2D eigenvalue weighted by atomic mass is 10.2. The van der Waals surface area contributed by atoms with E-state index in [9.17, 15) is 0 Å². The third kappa shape index (κ3) is 4.25. The van der Waals surface area contributed by atoms with E-state index in [1.807, 2.05) is 38.2 Å². The number of ether oxygens (including phenoxy) is 1. The van der Waals surface area contributed by atoms with Crippen LogP contribution in [0.25, 0.3) is 0 Å². The minimum Gasteiger partial charge on any atom is -0.487 e. The van der Waals surface area contributed by atoms with Gasteiger partial charge in [-0.05, 0) is 44.0 Å². The van der Waals surface area contributed by atoms with Gasteiger partial charge >= 0.3 is 0 Å². The van der Waals surface area contributed by atoms with Crippen molar-refractivity contribution in [2.75, 3.05) is 11.9 Å². The first kappa shape index (κ1) is 13.3. The second-order valence-corrected chi connectivity index (χ2v) is 4.55. The fraction of sp³-hybridized carbons (Fsp3) is 0.333. The molecule has 0 spiro atoms. The molecule has 0 unspecified atom stereocenters. The van der Waals surface area contributed by atoms with Crippen LogP contribution in [0.15, 0.2) is 42.9 Å². The van der Waals surface area contributed by atoms with E-state index in [4.69, 9.17) is 4.74 Å². The van der Waals surface area contributed by atoms with Crippen LogP contribution in [0.5, 0.6) is 5.75 Å². The second kappa shape index (κ2) is 6.73. The Morgan fingerprint density at radius 2 is 2.05 bits per heavy atom. The number of pyridine rings is 2. The molecule has 2 heterocycles. The molecule has 4 heteroatoms. The predicted octanol–water partition coefficient (Wildman–Crippen LogP) is 2.92. The Morgan fingerprint density at radius 3 is 2.79 bits per heavy atom. The van der Waals surface area contributed by atoms with Crippen LogP contribution < -0.4 is 10.1 Å². The molecule has 0 aromatic carbocycles. The third-order valence-electron chi connectivity index (χ3n) is 2.56. The molecule has 0 atom stereocenters. The summed E-state index contributed by atoms with van der Waals surface area (Å²) in [5.74, 6) is 1.59. The number of hydrogen-bond acceptors (Lipinski definition) is 4. The average molecular weight is 257 g/mol. The lowest BCUT2D eigenvalue weighted by Crippen LogP contribution is -2.11. The van der Waals surface area contributed by atoms with Gasteiger partial charge in [0.25, 0.3) is 0 Å². The van der Waals surface area contributed by atoms with Crippen molar-refractivity contribution in [1.29, 1.82) is 0 Å². The minimum absolute atomic E-state index is 0.142. The molecule has 19 heavy (non-hydrogen) atoms. The Bertz CT molecular complexity index is 500. The molecule has 0 radical (unpaired) electrons. The van der Waals surface area contributed by atoms with Crippen LogP contribution in [0.3, 0.4) is 0 Å². The molecule has 0 saturated carbocycles. The van der Waals surface area contributed by atoms with E-state index >= 15 is 0 Å². The molecule has 0 bridgehead atoms. The van der Waals surface area contributed by atoms with Crippen LogP contribution in [0.4, 0.5) is 5.82 Å². The number of anilines is 1. The van der Waals surface area contributed by atoms with Crippen molar-refractivity contribution in [2.24, 2.45) is 0 Å². The molecule has 2 aromatic heterocycles. The van der Waals surface area contributed by atoms with Gasteiger partial charge in [-0.1, -0.05) is 6.07 Å². The molecular formula is C15H19N3O. The molecule has 4 nitrogen and oxygen atoms in total. The molecule has 0 aliphatic carbocycles. The summed E-state index contributed by atoms with van der Waals surface area (Å²) in [7, 11) is 0. The summed E-state index contributed by atoms with van der Waals surface area (Å²) in [6, 6.07) is 7.82. The van der Waals surface area contributed by atoms with Crippen molar-refractivity contribution in [1.82, 2.24) is 9.97 Å². The number of nitrogens with one attached hydrogen (secondary N) is 1. The van der Waals surface area contributed by atoms with Gasteiger partial charge in [0.05, 0.1) is 6.10 Å². The van der Waals surface area contributed by atoms with E-state index in [2.05, 4.69) is 21.4 Å². The highest BCUT2D eigenvalue weighted by atomic mass is 16.5. The minimum atomic E-state index is 0.142. The largest absolute Gasteiger partial charge is 0.487 e. The molecule has 1 N–H and O–H groups in total. The summed E-state index contributed by atoms with van der Waals surface area (Å²) < 4.78 is 5.71. The summed E-state index contributed by atoms with van der Waals surface area (Å²) in [6.07, 6.45) is 6.48. The van der Waals surface area contributed by atoms with Crippen LogP contribution >= 0.6 is 0 Å². The van der Waals surface area contributed by atoms with Crippen LogP contribution in [0, 0.1) is 0 Å². The molecule has 0 aliphatic rings. The van der Waals surface area contributed by atoms with Gasteiger partial charge in [-0.3, -0.25) is 4.98 Å². The van der Waals surface area contributed by atoms with Crippen molar-refractivity contribution >= 4 is 5.82 Å². The maximum absolute atomic E-state index is 5.71. The van der Waals surface area contributed by atoms with Crippen LogP contribution in [-0.2, 0) is 6.42 Å². The first-order valence-corrected chi connectivity index (χ1v) is 6.50. The van der Waals surface area contributed by atoms with Crippen LogP contribution in [0.2, 0.25) is 0 Å². The monoisotopic (exact) mass is 257 g/mol. The Balaban J connectivity index is 1.92. The lowest BCUT2D eigenvalue weighted by molar-refractivity contribution is 0.243. The molecule has 0 aliphatic heterocycles. The Labute approximate surface area is 113 Å². The van der Waals surface area contributed by atoms with Gasteiger partial charge in [0, 0.05) is 25.1 Å². The highest BCUT2D eigenvalue weighted by Gasteiger charge is 2.05. The molecule has 2 aromatic rings. The SMILES string of the molecule is CC(C)Oc1cccnc1NCCc1cccnc1. The predicted molar refractivity (Wildman–Crippen MR) is 76.4 cm³/mol. The van der Waals surface area contributed by atoms with Crippen molar-refractivity contribution in [3.63, 3.8) is 0 Å². The second-order valence-electron chi connectivity index (χ2n) is 4.55. The standard InChI is InChI=1S/C15H19N3O/c1-12(2)19-14-6-4-9-17-15(14)18-10-7-13-5-3-8-16-11-13/h3-6,8-9,11-12H,7,10H2,1-2H3,(H,17,18). The van der Waals surface area contributed by atoms with Gasteiger partial charge in [-0.25, -0.2) is 4.98 Å². The van der Waals surface area contributed by atoms with E-state index in [-0.39, 0.29) is 6.10 Å². The summed E-state index contributed by atoms with van der Waals surface area (Å²) in [4.78, 5) is 8.41. The normalized spacial score (nSPS) is 10.5. The van der Waals surface area contributed by atoms with E-state index in [0.717, 1.165) is 24.5 Å². The quantitative estimate of drug-likeness (QED) is 0.864. The van der Waals surface area contributed by atoms with E-state index in [1.165, 1.54) is 5.56 Å². The molecule has 0 fully saturated rings. The van der Waals surface area contributed by atoms with Crippen LogP contribution in [-0.4, -0.2) is 22.6 Å². The zero-order valence-corrected chi connectivity index (χ0v) is 11.3. The fourth-order valence-electron chi connectivity index (χ4n) is 1.74. The van der Waals surface area contributed by atoms with Crippen molar-refractivity contribution in [2.45, 2.75) is 26.4 Å². The zero-order chi connectivity index (χ0) is 13.5. The molecule has 0 amide bonds. The Kier molecular flexibility index (Phi) is 4.72. The van der Waals surface area contributed by atoms with Gasteiger partial charge in [-0.15, -0.1) is 0 Å². The topological polar surface area (TPSA) is 47.0 Å². The van der Waals surface area contributed by atoms with E-state index in [1.54, 1.807) is 12.4 Å². The number of nitrogens with zero attached hydrogens (tertiary/aromatic N) is 2. The summed E-state index contributed by atoms with van der Waals surface area (Å²) in [6.45, 7) is 4.82. The fourth-order valence-corrected chi connectivity index (χ4v) is 1.74. The van der Waals surface area contributed by atoms with Crippen LogP contribution in [0.1, 0.15) is 19.4 Å². The molecule has 2 rings (SSSR count). The first-order valence-electron chi connectivity index (χ1n) is 6.50. The van der Waals surface area contributed by atoms with Crippen molar-refractivity contribution in [3.8, 4) is 5.75 Å². The average Bonchev–Trinajstić information content (AvgIpc) is 2.41. The number of aromatic nitrogens is 2. The van der Waals surface area contributed by atoms with Gasteiger partial charge in [-0.2, -0.15) is 0 Å². The Hall–Kier alpha value is -2.10.